The van der Waals surface area contributed by atoms with Crippen LogP contribution in [0.15, 0.2) is 18.2 Å². The Morgan fingerprint density at radius 1 is 1.29 bits per heavy atom. The van der Waals surface area contributed by atoms with Gasteiger partial charge in [0, 0.05) is 19.2 Å². The maximum Gasteiger partial charge on any atom is 0.393 e. The van der Waals surface area contributed by atoms with E-state index in [1.807, 2.05) is 0 Å². The average molecular weight is 324 g/mol. The second-order valence-corrected chi connectivity index (χ2v) is 5.27. The summed E-state index contributed by atoms with van der Waals surface area (Å²) in [4.78, 5) is 1.36. The van der Waals surface area contributed by atoms with E-state index in [-0.39, 0.29) is 23.8 Å². The molecule has 116 valence electrons. The highest BCUT2D eigenvalue weighted by Gasteiger charge is 2.42. The van der Waals surface area contributed by atoms with Crippen molar-refractivity contribution in [1.82, 2.24) is 4.90 Å². The summed E-state index contributed by atoms with van der Waals surface area (Å²) in [5.74, 6) is -3.02. The van der Waals surface area contributed by atoms with Crippen LogP contribution >= 0.6 is 12.2 Å². The van der Waals surface area contributed by atoms with Crippen LogP contribution in [0.4, 0.5) is 27.6 Å². The minimum absolute atomic E-state index is 0.00876. The molecule has 1 aliphatic rings. The van der Waals surface area contributed by atoms with Crippen LogP contribution in [0.25, 0.3) is 0 Å². The predicted molar refractivity (Wildman–Crippen MR) is 72.9 cm³/mol. The van der Waals surface area contributed by atoms with Crippen molar-refractivity contribution in [1.29, 1.82) is 0 Å². The number of alkyl halides is 3. The molecule has 1 fully saturated rings. The molecular formula is C13H13F5N2S. The van der Waals surface area contributed by atoms with Crippen molar-refractivity contribution < 1.29 is 22.0 Å². The number of nitrogens with one attached hydrogen (secondary N) is 1. The largest absolute Gasteiger partial charge is 0.393 e. The van der Waals surface area contributed by atoms with Gasteiger partial charge in [-0.25, -0.2) is 8.78 Å². The van der Waals surface area contributed by atoms with Crippen LogP contribution in [-0.2, 0) is 0 Å². The third-order valence-corrected chi connectivity index (χ3v) is 3.70. The third-order valence-electron chi connectivity index (χ3n) is 3.34. The number of anilines is 1. The van der Waals surface area contributed by atoms with Gasteiger partial charge in [0.2, 0.25) is 0 Å². The molecule has 0 bridgehead atoms. The summed E-state index contributed by atoms with van der Waals surface area (Å²) in [6.45, 7) is 0.124. The molecule has 1 unspecified atom stereocenters. The quantitative estimate of drug-likeness (QED) is 0.622. The highest BCUT2D eigenvalue weighted by molar-refractivity contribution is 7.80. The monoisotopic (exact) mass is 324 g/mol. The Kier molecular flexibility index (Phi) is 4.65. The van der Waals surface area contributed by atoms with Gasteiger partial charge in [-0.05, 0) is 37.2 Å². The first-order chi connectivity index (χ1) is 9.77. The minimum atomic E-state index is -4.27. The van der Waals surface area contributed by atoms with Crippen molar-refractivity contribution in [2.75, 3.05) is 18.4 Å². The number of hydrogen-bond donors (Lipinski definition) is 1. The Balaban J connectivity index is 2.03. The number of thiocarbonyl (C=S) groups is 1. The van der Waals surface area contributed by atoms with Gasteiger partial charge in [-0.1, -0.05) is 0 Å². The van der Waals surface area contributed by atoms with E-state index < -0.39 is 23.7 Å². The SMILES string of the molecule is Fc1ccc(NC(=S)N2CCCC(C(F)(F)F)C2)c(F)c1. The van der Waals surface area contributed by atoms with E-state index in [4.69, 9.17) is 12.2 Å². The second kappa shape index (κ2) is 6.13. The Labute approximate surface area is 123 Å². The van der Waals surface area contributed by atoms with Crippen LogP contribution < -0.4 is 5.32 Å². The maximum atomic E-state index is 13.5. The van der Waals surface area contributed by atoms with E-state index >= 15 is 0 Å². The van der Waals surface area contributed by atoms with Crippen molar-refractivity contribution >= 4 is 23.0 Å². The van der Waals surface area contributed by atoms with Gasteiger partial charge in [-0.3, -0.25) is 0 Å². The lowest BCUT2D eigenvalue weighted by Crippen LogP contribution is -2.46. The topological polar surface area (TPSA) is 15.3 Å². The predicted octanol–water partition coefficient (Wildman–Crippen LogP) is 3.94. The lowest BCUT2D eigenvalue weighted by Gasteiger charge is -2.35. The van der Waals surface area contributed by atoms with Gasteiger partial charge in [0.15, 0.2) is 5.11 Å². The van der Waals surface area contributed by atoms with Gasteiger partial charge in [0.25, 0.3) is 0 Å². The maximum absolute atomic E-state index is 13.5. The molecule has 1 aromatic carbocycles. The standard InChI is InChI=1S/C13H13F5N2S/c14-9-3-4-11(10(15)6-9)19-12(21)20-5-1-2-8(7-20)13(16,17)18/h3-4,6,8H,1-2,5,7H2,(H,19,21). The summed E-state index contributed by atoms with van der Waals surface area (Å²) in [7, 11) is 0. The fourth-order valence-corrected chi connectivity index (χ4v) is 2.49. The van der Waals surface area contributed by atoms with Crippen LogP contribution in [0.1, 0.15) is 12.8 Å². The molecule has 1 saturated heterocycles. The zero-order valence-corrected chi connectivity index (χ0v) is 11.7. The van der Waals surface area contributed by atoms with Crippen molar-refractivity contribution in [3.63, 3.8) is 0 Å². The first kappa shape index (κ1) is 15.9. The van der Waals surface area contributed by atoms with Crippen molar-refractivity contribution in [3.05, 3.63) is 29.8 Å². The van der Waals surface area contributed by atoms with Crippen molar-refractivity contribution in [2.24, 2.45) is 5.92 Å². The van der Waals surface area contributed by atoms with E-state index in [9.17, 15) is 22.0 Å². The molecule has 0 radical (unpaired) electrons. The number of likely N-dealkylation sites (tertiary alicyclic amines) is 1. The molecule has 0 aliphatic carbocycles. The third kappa shape index (κ3) is 4.03. The van der Waals surface area contributed by atoms with E-state index in [2.05, 4.69) is 5.32 Å². The van der Waals surface area contributed by atoms with Crippen molar-refractivity contribution in [3.8, 4) is 0 Å². The highest BCUT2D eigenvalue weighted by Crippen LogP contribution is 2.33. The zero-order chi connectivity index (χ0) is 15.6. The van der Waals surface area contributed by atoms with Gasteiger partial charge >= 0.3 is 6.18 Å². The molecule has 1 heterocycles. The molecule has 2 rings (SSSR count). The van der Waals surface area contributed by atoms with Gasteiger partial charge in [0.05, 0.1) is 11.6 Å². The molecule has 21 heavy (non-hydrogen) atoms. The summed E-state index contributed by atoms with van der Waals surface area (Å²) < 4.78 is 64.4. The number of piperidine rings is 1. The molecule has 0 amide bonds. The van der Waals surface area contributed by atoms with Crippen LogP contribution in [0, 0.1) is 17.6 Å². The van der Waals surface area contributed by atoms with Crippen LogP contribution in [0.3, 0.4) is 0 Å². The van der Waals surface area contributed by atoms with Gasteiger partial charge < -0.3 is 10.2 Å². The summed E-state index contributed by atoms with van der Waals surface area (Å²) in [6.07, 6.45) is -3.85. The smallest absolute Gasteiger partial charge is 0.348 e. The molecule has 1 aromatic rings. The summed E-state index contributed by atoms with van der Waals surface area (Å²) in [5, 5.41) is 2.54. The van der Waals surface area contributed by atoms with E-state index in [1.54, 1.807) is 0 Å². The van der Waals surface area contributed by atoms with E-state index in [0.29, 0.717) is 19.0 Å². The van der Waals surface area contributed by atoms with Gasteiger partial charge in [-0.2, -0.15) is 13.2 Å². The number of benzene rings is 1. The minimum Gasteiger partial charge on any atom is -0.348 e. The summed E-state index contributed by atoms with van der Waals surface area (Å²) >= 11 is 5.01. The number of nitrogens with zero attached hydrogens (tertiary/aromatic N) is 1. The first-order valence-electron chi connectivity index (χ1n) is 6.35. The number of halogens is 5. The Bertz CT molecular complexity index is 532. The lowest BCUT2D eigenvalue weighted by molar-refractivity contribution is -0.183. The molecule has 0 spiro atoms. The van der Waals surface area contributed by atoms with E-state index in [1.165, 1.54) is 4.90 Å². The molecular weight excluding hydrogens is 311 g/mol. The highest BCUT2D eigenvalue weighted by atomic mass is 32.1. The van der Waals surface area contributed by atoms with E-state index in [0.717, 1.165) is 12.1 Å². The Morgan fingerprint density at radius 3 is 2.62 bits per heavy atom. The Morgan fingerprint density at radius 2 is 2.00 bits per heavy atom. The fourth-order valence-electron chi connectivity index (χ4n) is 2.21. The average Bonchev–Trinajstić information content (AvgIpc) is 2.41. The molecule has 8 heteroatoms. The lowest BCUT2D eigenvalue weighted by atomic mass is 9.98. The number of hydrogen-bond acceptors (Lipinski definition) is 1. The molecule has 1 atom stereocenters. The summed E-state index contributed by atoms with van der Waals surface area (Å²) in [5.41, 5.74) is -0.0597. The normalized spacial score (nSPS) is 19.5. The van der Waals surface area contributed by atoms with Gasteiger partial charge in [-0.15, -0.1) is 0 Å². The first-order valence-corrected chi connectivity index (χ1v) is 6.76. The van der Waals surface area contributed by atoms with Crippen LogP contribution in [0.2, 0.25) is 0 Å². The molecule has 0 saturated carbocycles. The molecule has 1 N–H and O–H groups in total. The molecule has 1 aliphatic heterocycles. The zero-order valence-electron chi connectivity index (χ0n) is 10.9. The summed E-state index contributed by atoms with van der Waals surface area (Å²) in [6, 6.07) is 2.88. The Hall–Kier alpha value is -1.44. The molecule has 2 nitrogen and oxygen atoms in total. The molecule has 0 aromatic heterocycles. The second-order valence-electron chi connectivity index (χ2n) is 4.88. The number of rotatable bonds is 1. The van der Waals surface area contributed by atoms with Crippen LogP contribution in [-0.4, -0.2) is 29.3 Å². The van der Waals surface area contributed by atoms with Crippen molar-refractivity contribution in [2.45, 2.75) is 19.0 Å². The fraction of sp³-hybridized carbons (Fsp3) is 0.462. The van der Waals surface area contributed by atoms with Crippen LogP contribution in [0.5, 0.6) is 0 Å². The van der Waals surface area contributed by atoms with Gasteiger partial charge in [0.1, 0.15) is 11.6 Å².